The van der Waals surface area contributed by atoms with Crippen molar-refractivity contribution in [3.8, 4) is 0 Å². The zero-order valence-corrected chi connectivity index (χ0v) is 16.5. The van der Waals surface area contributed by atoms with E-state index in [4.69, 9.17) is 4.74 Å². The second kappa shape index (κ2) is 7.92. The number of carbonyl (C=O) groups excluding carboxylic acids is 2. The fourth-order valence-corrected chi connectivity index (χ4v) is 3.85. The molecule has 0 saturated carbocycles. The van der Waals surface area contributed by atoms with Gasteiger partial charge >= 0.3 is 5.97 Å². The van der Waals surface area contributed by atoms with Crippen LogP contribution in [0.2, 0.25) is 0 Å². The van der Waals surface area contributed by atoms with Crippen molar-refractivity contribution >= 4 is 45.1 Å². The third-order valence-electron chi connectivity index (χ3n) is 4.53. The highest BCUT2D eigenvalue weighted by atomic mass is 32.2. The summed E-state index contributed by atoms with van der Waals surface area (Å²) in [6.45, 7) is 4.18. The van der Waals surface area contributed by atoms with Gasteiger partial charge in [-0.25, -0.2) is 4.68 Å². The number of esters is 1. The second-order valence-electron chi connectivity index (χ2n) is 6.34. The van der Waals surface area contributed by atoms with Crippen molar-refractivity contribution in [3.05, 3.63) is 48.6 Å². The molecule has 0 fully saturated rings. The smallest absolute Gasteiger partial charge is 0.328 e. The summed E-state index contributed by atoms with van der Waals surface area (Å²) >= 11 is 0.849. The maximum Gasteiger partial charge on any atom is 0.328 e. The van der Waals surface area contributed by atoms with Gasteiger partial charge < -0.3 is 15.0 Å². The first kappa shape index (κ1) is 18.9. The molecule has 10 heteroatoms. The van der Waals surface area contributed by atoms with Crippen LogP contribution < -0.4 is 10.2 Å². The van der Waals surface area contributed by atoms with Gasteiger partial charge in [-0.1, -0.05) is 30.9 Å². The molecule has 9 nitrogen and oxygen atoms in total. The van der Waals surface area contributed by atoms with Crippen molar-refractivity contribution in [2.45, 2.75) is 18.2 Å². The molecular formula is C19H18N6O3S. The first-order valence-electron chi connectivity index (χ1n) is 8.85. The molecule has 3 aromatic rings. The molecule has 1 aliphatic rings. The number of rotatable bonds is 6. The van der Waals surface area contributed by atoms with E-state index in [0.29, 0.717) is 0 Å². The summed E-state index contributed by atoms with van der Waals surface area (Å²) in [6, 6.07) is 9.94. The zero-order chi connectivity index (χ0) is 20.4. The summed E-state index contributed by atoms with van der Waals surface area (Å²) < 4.78 is 6.17. The van der Waals surface area contributed by atoms with E-state index in [1.807, 2.05) is 30.3 Å². The average molecular weight is 410 g/mol. The lowest BCUT2D eigenvalue weighted by atomic mass is 10.0. The highest BCUT2D eigenvalue weighted by Crippen LogP contribution is 2.38. The van der Waals surface area contributed by atoms with Crippen LogP contribution in [0.4, 0.5) is 16.2 Å². The Balaban J connectivity index is 1.54. The number of nitrogens with one attached hydrogen (secondary N) is 1. The Labute approximate surface area is 170 Å². The van der Waals surface area contributed by atoms with E-state index in [1.54, 1.807) is 11.9 Å². The SMILES string of the molecule is C=CCOC(=O)Cn1nnnc1SC(=O)N(C)c1ccc2c3c(cccc13)NC2. The van der Waals surface area contributed by atoms with Gasteiger partial charge in [0.15, 0.2) is 0 Å². The number of anilines is 2. The zero-order valence-electron chi connectivity index (χ0n) is 15.7. The highest BCUT2D eigenvalue weighted by molar-refractivity contribution is 8.13. The minimum absolute atomic E-state index is 0.102. The van der Waals surface area contributed by atoms with E-state index in [9.17, 15) is 9.59 Å². The van der Waals surface area contributed by atoms with Crippen LogP contribution in [0.1, 0.15) is 5.56 Å². The molecule has 0 aliphatic carbocycles. The van der Waals surface area contributed by atoms with Gasteiger partial charge in [-0.3, -0.25) is 9.59 Å². The first-order chi connectivity index (χ1) is 14.1. The molecule has 2 heterocycles. The minimum Gasteiger partial charge on any atom is -0.460 e. The number of nitrogens with zero attached hydrogens (tertiary/aromatic N) is 5. The molecule has 29 heavy (non-hydrogen) atoms. The predicted molar refractivity (Wildman–Crippen MR) is 110 cm³/mol. The molecule has 1 N–H and O–H groups in total. The number of hydrogen-bond donors (Lipinski definition) is 1. The fraction of sp³-hybridized carbons (Fsp3) is 0.211. The summed E-state index contributed by atoms with van der Waals surface area (Å²) in [5, 5.41) is 16.6. The molecule has 0 unspecified atom stereocenters. The van der Waals surface area contributed by atoms with Crippen LogP contribution in [0.25, 0.3) is 10.8 Å². The van der Waals surface area contributed by atoms with Crippen LogP contribution in [-0.2, 0) is 22.6 Å². The van der Waals surface area contributed by atoms with E-state index < -0.39 is 5.97 Å². The van der Waals surface area contributed by atoms with E-state index in [1.165, 1.54) is 16.3 Å². The summed E-state index contributed by atoms with van der Waals surface area (Å²) in [5.74, 6) is -0.514. The number of amides is 1. The monoisotopic (exact) mass is 410 g/mol. The van der Waals surface area contributed by atoms with Crippen molar-refractivity contribution in [1.82, 2.24) is 20.2 Å². The molecule has 2 aromatic carbocycles. The van der Waals surface area contributed by atoms with Crippen molar-refractivity contribution in [2.24, 2.45) is 0 Å². The van der Waals surface area contributed by atoms with Crippen molar-refractivity contribution < 1.29 is 14.3 Å². The van der Waals surface area contributed by atoms with E-state index >= 15 is 0 Å². The maximum absolute atomic E-state index is 12.9. The van der Waals surface area contributed by atoms with Crippen molar-refractivity contribution in [2.75, 3.05) is 23.9 Å². The predicted octanol–water partition coefficient (Wildman–Crippen LogP) is 2.83. The number of carbonyl (C=O) groups is 2. The van der Waals surface area contributed by atoms with Crippen LogP contribution >= 0.6 is 11.8 Å². The van der Waals surface area contributed by atoms with Crippen LogP contribution in [0.5, 0.6) is 0 Å². The van der Waals surface area contributed by atoms with Gasteiger partial charge in [0.1, 0.15) is 13.2 Å². The molecule has 1 aliphatic heterocycles. The fourth-order valence-electron chi connectivity index (χ4n) is 3.18. The Hall–Kier alpha value is -3.40. The summed E-state index contributed by atoms with van der Waals surface area (Å²) in [7, 11) is 1.70. The third-order valence-corrected chi connectivity index (χ3v) is 5.45. The normalized spacial score (nSPS) is 11.9. The van der Waals surface area contributed by atoms with Gasteiger partial charge in [-0.2, -0.15) is 0 Å². The van der Waals surface area contributed by atoms with Gasteiger partial charge in [0.05, 0.1) is 5.69 Å². The van der Waals surface area contributed by atoms with Gasteiger partial charge in [0.25, 0.3) is 5.24 Å². The topological polar surface area (TPSA) is 102 Å². The first-order valence-corrected chi connectivity index (χ1v) is 9.67. The summed E-state index contributed by atoms with van der Waals surface area (Å²) in [4.78, 5) is 26.2. The molecule has 0 spiro atoms. The van der Waals surface area contributed by atoms with E-state index in [2.05, 4.69) is 27.4 Å². The Bertz CT molecular complexity index is 1100. The number of ether oxygens (including phenoxy) is 1. The molecule has 1 aromatic heterocycles. The standard InChI is InChI=1S/C19H18N6O3S/c1-3-9-28-16(26)11-25-18(21-22-23-25)29-19(27)24(2)15-8-7-12-10-20-14-6-4-5-13(15)17(12)14/h3-8,20H,1,9-11H2,2H3. The summed E-state index contributed by atoms with van der Waals surface area (Å²) in [6.07, 6.45) is 1.47. The second-order valence-corrected chi connectivity index (χ2v) is 7.26. The van der Waals surface area contributed by atoms with Crippen molar-refractivity contribution in [1.29, 1.82) is 0 Å². The largest absolute Gasteiger partial charge is 0.460 e. The number of benzene rings is 2. The molecule has 0 bridgehead atoms. The Kier molecular flexibility index (Phi) is 5.17. The molecule has 1 amide bonds. The number of thioether (sulfide) groups is 1. The number of hydrogen-bond acceptors (Lipinski definition) is 8. The average Bonchev–Trinajstić information content (AvgIpc) is 3.34. The van der Waals surface area contributed by atoms with Gasteiger partial charge in [-0.15, -0.1) is 5.10 Å². The maximum atomic E-state index is 12.9. The Morgan fingerprint density at radius 1 is 1.38 bits per heavy atom. The van der Waals surface area contributed by atoms with Gasteiger partial charge in [0.2, 0.25) is 5.16 Å². The lowest BCUT2D eigenvalue weighted by Gasteiger charge is -2.19. The molecule has 0 atom stereocenters. The van der Waals surface area contributed by atoms with Gasteiger partial charge in [-0.05, 0) is 28.1 Å². The molecular weight excluding hydrogens is 392 g/mol. The van der Waals surface area contributed by atoms with Crippen LogP contribution in [0.15, 0.2) is 48.1 Å². The molecule has 4 rings (SSSR count). The van der Waals surface area contributed by atoms with Gasteiger partial charge in [0, 0.05) is 41.8 Å². The van der Waals surface area contributed by atoms with Crippen LogP contribution in [0, 0.1) is 0 Å². The Morgan fingerprint density at radius 3 is 3.07 bits per heavy atom. The van der Waals surface area contributed by atoms with Crippen molar-refractivity contribution in [3.63, 3.8) is 0 Å². The Morgan fingerprint density at radius 2 is 2.24 bits per heavy atom. The van der Waals surface area contributed by atoms with E-state index in [-0.39, 0.29) is 23.5 Å². The molecule has 0 radical (unpaired) electrons. The molecule has 0 saturated heterocycles. The van der Waals surface area contributed by atoms with Crippen LogP contribution in [0.3, 0.4) is 0 Å². The minimum atomic E-state index is -0.514. The quantitative estimate of drug-likeness (QED) is 0.376. The lowest BCUT2D eigenvalue weighted by Crippen LogP contribution is -2.23. The third kappa shape index (κ3) is 3.66. The lowest BCUT2D eigenvalue weighted by molar-refractivity contribution is -0.143. The number of tetrazole rings is 1. The molecule has 148 valence electrons. The van der Waals surface area contributed by atoms with Crippen LogP contribution in [-0.4, -0.2) is 45.1 Å². The summed E-state index contributed by atoms with van der Waals surface area (Å²) in [5.41, 5.74) is 3.06. The highest BCUT2D eigenvalue weighted by Gasteiger charge is 2.22. The van der Waals surface area contributed by atoms with E-state index in [0.717, 1.165) is 40.5 Å². The number of aromatic nitrogens is 4.